The third kappa shape index (κ3) is 4.51. The summed E-state index contributed by atoms with van der Waals surface area (Å²) < 4.78 is 6.71. The number of nitro benzene ring substituents is 1. The predicted octanol–water partition coefficient (Wildman–Crippen LogP) is 4.52. The van der Waals surface area contributed by atoms with Crippen LogP contribution in [0, 0.1) is 22.0 Å². The average Bonchev–Trinajstić information content (AvgIpc) is 2.74. The molecule has 0 aliphatic rings. The van der Waals surface area contributed by atoms with Gasteiger partial charge in [-0.25, -0.2) is 0 Å². The van der Waals surface area contributed by atoms with Crippen LogP contribution in [0.4, 0.5) is 5.69 Å². The zero-order valence-electron chi connectivity index (χ0n) is 17.5. The van der Waals surface area contributed by atoms with E-state index in [0.717, 1.165) is 5.56 Å². The van der Waals surface area contributed by atoms with E-state index in [-0.39, 0.29) is 17.3 Å². The minimum Gasteiger partial charge on any atom is -0.396 e. The molecule has 30 heavy (non-hydrogen) atoms. The molecule has 0 unspecified atom stereocenters. The molecule has 4 nitrogen and oxygen atoms in total. The molecule has 0 amide bonds. The highest BCUT2D eigenvalue weighted by Crippen LogP contribution is 2.36. The van der Waals surface area contributed by atoms with Crippen molar-refractivity contribution in [3.05, 3.63) is 101 Å². The van der Waals surface area contributed by atoms with Crippen LogP contribution in [-0.4, -0.2) is 19.8 Å². The Labute approximate surface area is 178 Å². The molecule has 0 bridgehead atoms. The van der Waals surface area contributed by atoms with Crippen molar-refractivity contribution >= 4 is 24.4 Å². The summed E-state index contributed by atoms with van der Waals surface area (Å²) in [5, 5.41) is 13.1. The largest absolute Gasteiger partial charge is 0.396 e. The van der Waals surface area contributed by atoms with Crippen molar-refractivity contribution in [2.24, 2.45) is 0 Å². The second-order valence-electron chi connectivity index (χ2n) is 8.06. The lowest BCUT2D eigenvalue weighted by molar-refractivity contribution is -0.384. The molecule has 152 valence electrons. The molecule has 0 saturated carbocycles. The van der Waals surface area contributed by atoms with Gasteiger partial charge in [0.15, 0.2) is 0 Å². The van der Waals surface area contributed by atoms with E-state index in [9.17, 15) is 10.1 Å². The van der Waals surface area contributed by atoms with Gasteiger partial charge in [0.05, 0.1) is 11.5 Å². The average molecular weight is 416 g/mol. The lowest BCUT2D eigenvalue weighted by atomic mass is 10.2. The second kappa shape index (κ2) is 9.08. The van der Waals surface area contributed by atoms with Crippen molar-refractivity contribution in [1.29, 1.82) is 0 Å². The van der Waals surface area contributed by atoms with Gasteiger partial charge in [-0.2, -0.15) is 0 Å². The standard InChI is InChI=1S/C25H25NO3Si/c1-25(2,3)30(23-12-6-4-7-13-23,24-14-8-5-9-15-24)29-20-10-11-21-16-18-22(19-17-21)26(27)28/h4-9,12-19H,20H2,1-3H3. The molecule has 0 fully saturated rings. The molecular weight excluding hydrogens is 390 g/mol. The van der Waals surface area contributed by atoms with Gasteiger partial charge < -0.3 is 4.43 Å². The SMILES string of the molecule is CC(C)(C)[Si](OCC#Cc1ccc([N+](=O)[O-])cc1)(c1ccccc1)c1ccccc1. The number of benzene rings is 3. The third-order valence-corrected chi connectivity index (χ3v) is 10.1. The molecule has 3 aromatic carbocycles. The summed E-state index contributed by atoms with van der Waals surface area (Å²) in [7, 11) is -2.60. The maximum atomic E-state index is 10.8. The fourth-order valence-electron chi connectivity index (χ4n) is 3.71. The summed E-state index contributed by atoms with van der Waals surface area (Å²) >= 11 is 0. The van der Waals surface area contributed by atoms with E-state index in [1.165, 1.54) is 22.5 Å². The first-order valence-corrected chi connectivity index (χ1v) is 11.7. The molecule has 0 spiro atoms. The molecule has 0 aliphatic carbocycles. The zero-order valence-corrected chi connectivity index (χ0v) is 18.5. The van der Waals surface area contributed by atoms with E-state index in [1.807, 2.05) is 12.1 Å². The Bertz CT molecular complexity index is 1010. The zero-order chi connectivity index (χ0) is 21.6. The van der Waals surface area contributed by atoms with Crippen LogP contribution in [0.3, 0.4) is 0 Å². The highest BCUT2D eigenvalue weighted by molar-refractivity contribution is 6.99. The lowest BCUT2D eigenvalue weighted by Gasteiger charge is -2.42. The van der Waals surface area contributed by atoms with E-state index in [1.54, 1.807) is 12.1 Å². The Balaban J connectivity index is 1.94. The number of nitro groups is 1. The van der Waals surface area contributed by atoms with Gasteiger partial charge in [-0.1, -0.05) is 93.3 Å². The van der Waals surface area contributed by atoms with Crippen LogP contribution in [0.5, 0.6) is 0 Å². The highest BCUT2D eigenvalue weighted by atomic mass is 28.4. The van der Waals surface area contributed by atoms with Crippen molar-refractivity contribution in [3.63, 3.8) is 0 Å². The van der Waals surface area contributed by atoms with E-state index in [0.29, 0.717) is 0 Å². The van der Waals surface area contributed by atoms with E-state index < -0.39 is 13.2 Å². The van der Waals surface area contributed by atoms with E-state index in [4.69, 9.17) is 4.43 Å². The van der Waals surface area contributed by atoms with Gasteiger partial charge in [-0.15, -0.1) is 0 Å². The maximum absolute atomic E-state index is 10.8. The van der Waals surface area contributed by atoms with Crippen molar-refractivity contribution in [2.75, 3.05) is 6.61 Å². The van der Waals surface area contributed by atoms with Gasteiger partial charge in [-0.05, 0) is 27.5 Å². The number of rotatable bonds is 5. The number of hydrogen-bond acceptors (Lipinski definition) is 3. The molecule has 0 aromatic heterocycles. The molecule has 0 radical (unpaired) electrons. The molecule has 0 atom stereocenters. The first-order chi connectivity index (χ1) is 14.3. The van der Waals surface area contributed by atoms with Crippen molar-refractivity contribution in [1.82, 2.24) is 0 Å². The molecule has 0 N–H and O–H groups in total. The summed E-state index contributed by atoms with van der Waals surface area (Å²) in [5.74, 6) is 6.17. The van der Waals surface area contributed by atoms with Gasteiger partial charge in [0.2, 0.25) is 0 Å². The molecule has 0 heterocycles. The molecule has 0 aliphatic heterocycles. The summed E-state index contributed by atoms with van der Waals surface area (Å²) in [6.07, 6.45) is 0. The van der Waals surface area contributed by atoms with Crippen molar-refractivity contribution in [2.45, 2.75) is 25.8 Å². The predicted molar refractivity (Wildman–Crippen MR) is 124 cm³/mol. The molecule has 3 rings (SSSR count). The van der Waals surface area contributed by atoms with Gasteiger partial charge >= 0.3 is 0 Å². The third-order valence-electron chi connectivity index (χ3n) is 5.09. The van der Waals surface area contributed by atoms with Crippen LogP contribution in [0.1, 0.15) is 26.3 Å². The lowest BCUT2D eigenvalue weighted by Crippen LogP contribution is -2.66. The minimum absolute atomic E-state index is 0.0594. The Morgan fingerprint density at radius 1 is 0.867 bits per heavy atom. The van der Waals surface area contributed by atoms with E-state index >= 15 is 0 Å². The number of non-ortho nitro benzene ring substituents is 1. The Hall–Kier alpha value is -3.20. The molecular formula is C25H25NO3Si. The van der Waals surface area contributed by atoms with Crippen molar-refractivity contribution in [3.8, 4) is 11.8 Å². The van der Waals surface area contributed by atoms with Crippen LogP contribution < -0.4 is 10.4 Å². The first kappa shape index (κ1) is 21.5. The van der Waals surface area contributed by atoms with Gasteiger partial charge in [0.25, 0.3) is 14.0 Å². The molecule has 3 aromatic rings. The summed E-state index contributed by atoms with van der Waals surface area (Å²) in [4.78, 5) is 10.4. The molecule has 5 heteroatoms. The maximum Gasteiger partial charge on any atom is 0.269 e. The Morgan fingerprint density at radius 3 is 1.80 bits per heavy atom. The Kier molecular flexibility index (Phi) is 6.51. The fraction of sp³-hybridized carbons (Fsp3) is 0.200. The summed E-state index contributed by atoms with van der Waals surface area (Å²) in [6.45, 7) is 6.96. The van der Waals surface area contributed by atoms with E-state index in [2.05, 4.69) is 81.1 Å². The van der Waals surface area contributed by atoms with Crippen LogP contribution in [0.2, 0.25) is 5.04 Å². The quantitative estimate of drug-likeness (QED) is 0.266. The van der Waals surface area contributed by atoms with Crippen LogP contribution in [-0.2, 0) is 4.43 Å². The number of nitrogens with zero attached hydrogens (tertiary/aromatic N) is 1. The number of hydrogen-bond donors (Lipinski definition) is 0. The smallest absolute Gasteiger partial charge is 0.269 e. The topological polar surface area (TPSA) is 52.4 Å². The van der Waals surface area contributed by atoms with Gasteiger partial charge in [-0.3, -0.25) is 10.1 Å². The van der Waals surface area contributed by atoms with Crippen LogP contribution in [0.15, 0.2) is 84.9 Å². The first-order valence-electron chi connectivity index (χ1n) is 9.83. The second-order valence-corrected chi connectivity index (χ2v) is 12.4. The normalized spacial score (nSPS) is 11.4. The fourth-order valence-corrected chi connectivity index (χ4v) is 8.15. The van der Waals surface area contributed by atoms with Crippen molar-refractivity contribution < 1.29 is 9.35 Å². The van der Waals surface area contributed by atoms with Gasteiger partial charge in [0.1, 0.15) is 0 Å². The van der Waals surface area contributed by atoms with Crippen LogP contribution >= 0.6 is 0 Å². The highest BCUT2D eigenvalue weighted by Gasteiger charge is 2.49. The van der Waals surface area contributed by atoms with Crippen LogP contribution in [0.25, 0.3) is 0 Å². The van der Waals surface area contributed by atoms with Gasteiger partial charge in [0, 0.05) is 17.7 Å². The minimum atomic E-state index is -2.60. The monoisotopic (exact) mass is 415 g/mol. The molecule has 0 saturated heterocycles. The summed E-state index contributed by atoms with van der Waals surface area (Å²) in [6, 6.07) is 27.1. The summed E-state index contributed by atoms with van der Waals surface area (Å²) in [5.41, 5.74) is 0.788. The Morgan fingerprint density at radius 2 is 1.37 bits per heavy atom.